The quantitative estimate of drug-likeness (QED) is 0.903. The van der Waals surface area contributed by atoms with Gasteiger partial charge in [-0.25, -0.2) is 4.39 Å². The Hall–Kier alpha value is -2.14. The normalized spacial score (nSPS) is 10.9. The fraction of sp³-hybridized carbons (Fsp3) is 0.267. The van der Waals surface area contributed by atoms with E-state index in [9.17, 15) is 9.18 Å². The standard InChI is InChI=1S/C15H18FN3O/c1-18(10-12-2-4-13(16)5-3-12)8-9-19-11-14(17)6-7-15(19)20/h2-7,11H,8-10,17H2,1H3. The number of halogens is 1. The predicted molar refractivity (Wildman–Crippen MR) is 77.8 cm³/mol. The minimum absolute atomic E-state index is 0.0608. The molecule has 0 aliphatic rings. The van der Waals surface area contributed by atoms with E-state index in [1.165, 1.54) is 18.2 Å². The molecule has 4 nitrogen and oxygen atoms in total. The summed E-state index contributed by atoms with van der Waals surface area (Å²) in [4.78, 5) is 13.7. The number of hydrogen-bond acceptors (Lipinski definition) is 3. The molecule has 0 aliphatic carbocycles. The Balaban J connectivity index is 1.92. The fourth-order valence-corrected chi connectivity index (χ4v) is 1.98. The third-order valence-corrected chi connectivity index (χ3v) is 3.09. The van der Waals surface area contributed by atoms with Crippen molar-refractivity contribution >= 4 is 5.69 Å². The van der Waals surface area contributed by atoms with Gasteiger partial charge in [0.25, 0.3) is 5.56 Å². The Bertz CT molecular complexity index is 622. The maximum Gasteiger partial charge on any atom is 0.250 e. The Morgan fingerprint density at radius 2 is 1.90 bits per heavy atom. The van der Waals surface area contributed by atoms with Crippen molar-refractivity contribution in [1.82, 2.24) is 9.47 Å². The van der Waals surface area contributed by atoms with Crippen molar-refractivity contribution in [2.75, 3.05) is 19.3 Å². The number of likely N-dealkylation sites (N-methyl/N-ethyl adjacent to an activating group) is 1. The molecule has 2 rings (SSSR count). The largest absolute Gasteiger partial charge is 0.398 e. The van der Waals surface area contributed by atoms with E-state index < -0.39 is 0 Å². The zero-order chi connectivity index (χ0) is 14.5. The van der Waals surface area contributed by atoms with E-state index in [4.69, 9.17) is 5.73 Å². The molecule has 0 amide bonds. The molecule has 2 N–H and O–H groups in total. The van der Waals surface area contributed by atoms with Gasteiger partial charge in [-0.05, 0) is 30.8 Å². The van der Waals surface area contributed by atoms with Crippen LogP contribution in [0.25, 0.3) is 0 Å². The molecule has 1 heterocycles. The van der Waals surface area contributed by atoms with Crippen molar-refractivity contribution in [2.45, 2.75) is 13.1 Å². The van der Waals surface area contributed by atoms with Gasteiger partial charge >= 0.3 is 0 Å². The van der Waals surface area contributed by atoms with Gasteiger partial charge in [0.1, 0.15) is 5.82 Å². The monoisotopic (exact) mass is 275 g/mol. The van der Waals surface area contributed by atoms with E-state index in [1.807, 2.05) is 7.05 Å². The van der Waals surface area contributed by atoms with Gasteiger partial charge in [0.15, 0.2) is 0 Å². The third kappa shape index (κ3) is 3.93. The van der Waals surface area contributed by atoms with Crippen LogP contribution in [0.15, 0.2) is 47.4 Å². The predicted octanol–water partition coefficient (Wildman–Crippen LogP) is 1.70. The molecule has 0 spiro atoms. The highest BCUT2D eigenvalue weighted by Gasteiger charge is 2.02. The van der Waals surface area contributed by atoms with Gasteiger partial charge in [0, 0.05) is 37.6 Å². The second kappa shape index (κ2) is 6.34. The van der Waals surface area contributed by atoms with Crippen LogP contribution in [0.2, 0.25) is 0 Å². The summed E-state index contributed by atoms with van der Waals surface area (Å²) in [6.45, 7) is 1.99. The molecule has 0 radical (unpaired) electrons. The molecule has 0 aliphatic heterocycles. The van der Waals surface area contributed by atoms with Crippen LogP contribution >= 0.6 is 0 Å². The summed E-state index contributed by atoms with van der Waals surface area (Å²) < 4.78 is 14.4. The summed E-state index contributed by atoms with van der Waals surface area (Å²) in [5.41, 5.74) is 7.21. The van der Waals surface area contributed by atoms with Gasteiger partial charge in [0.2, 0.25) is 0 Å². The molecule has 1 aromatic carbocycles. The highest BCUT2D eigenvalue weighted by Crippen LogP contribution is 2.05. The van der Waals surface area contributed by atoms with Crippen molar-refractivity contribution in [2.24, 2.45) is 0 Å². The Labute approximate surface area is 117 Å². The molecule has 0 bridgehead atoms. The summed E-state index contributed by atoms with van der Waals surface area (Å²) in [5.74, 6) is -0.234. The van der Waals surface area contributed by atoms with Crippen LogP contribution in [-0.4, -0.2) is 23.1 Å². The Morgan fingerprint density at radius 3 is 2.60 bits per heavy atom. The maximum absolute atomic E-state index is 12.8. The molecule has 0 saturated carbocycles. The van der Waals surface area contributed by atoms with Gasteiger partial charge in [-0.1, -0.05) is 12.1 Å². The summed E-state index contributed by atoms with van der Waals surface area (Å²) in [6.07, 6.45) is 1.65. The number of nitrogen functional groups attached to an aromatic ring is 1. The van der Waals surface area contributed by atoms with Crippen LogP contribution in [0, 0.1) is 5.82 Å². The van der Waals surface area contributed by atoms with Crippen LogP contribution < -0.4 is 11.3 Å². The van der Waals surface area contributed by atoms with E-state index in [-0.39, 0.29) is 11.4 Å². The van der Waals surface area contributed by atoms with Crippen molar-refractivity contribution < 1.29 is 4.39 Å². The highest BCUT2D eigenvalue weighted by molar-refractivity contribution is 5.33. The maximum atomic E-state index is 12.8. The van der Waals surface area contributed by atoms with Crippen molar-refractivity contribution in [3.63, 3.8) is 0 Å². The lowest BCUT2D eigenvalue weighted by Crippen LogP contribution is -2.27. The Kier molecular flexibility index (Phi) is 4.53. The molecule has 2 aromatic rings. The van der Waals surface area contributed by atoms with E-state index in [1.54, 1.807) is 29.0 Å². The molecule has 0 atom stereocenters. The first-order valence-corrected chi connectivity index (χ1v) is 6.43. The SMILES string of the molecule is CN(CCn1cc(N)ccc1=O)Cc1ccc(F)cc1. The summed E-state index contributed by atoms with van der Waals surface area (Å²) in [6, 6.07) is 9.49. The van der Waals surface area contributed by atoms with Crippen LogP contribution in [0.3, 0.4) is 0 Å². The smallest absolute Gasteiger partial charge is 0.250 e. The zero-order valence-corrected chi connectivity index (χ0v) is 11.4. The van der Waals surface area contributed by atoms with Gasteiger partial charge in [-0.2, -0.15) is 0 Å². The van der Waals surface area contributed by atoms with Crippen LogP contribution in [0.5, 0.6) is 0 Å². The molecular formula is C15H18FN3O. The molecule has 106 valence electrons. The van der Waals surface area contributed by atoms with Gasteiger partial charge in [-0.3, -0.25) is 4.79 Å². The fourth-order valence-electron chi connectivity index (χ4n) is 1.98. The van der Waals surface area contributed by atoms with E-state index in [0.29, 0.717) is 25.3 Å². The Morgan fingerprint density at radius 1 is 1.20 bits per heavy atom. The lowest BCUT2D eigenvalue weighted by molar-refractivity contribution is 0.309. The molecule has 1 aromatic heterocycles. The second-order valence-electron chi connectivity index (χ2n) is 4.86. The van der Waals surface area contributed by atoms with E-state index in [0.717, 1.165) is 5.56 Å². The summed E-state index contributed by atoms with van der Waals surface area (Å²) in [5, 5.41) is 0. The van der Waals surface area contributed by atoms with Gasteiger partial charge in [0.05, 0.1) is 0 Å². The molecule has 0 saturated heterocycles. The number of nitrogens with two attached hydrogens (primary N) is 1. The van der Waals surface area contributed by atoms with E-state index in [2.05, 4.69) is 4.90 Å². The van der Waals surface area contributed by atoms with Crippen LogP contribution in [0.1, 0.15) is 5.56 Å². The molecular weight excluding hydrogens is 257 g/mol. The number of benzene rings is 1. The van der Waals surface area contributed by atoms with Gasteiger partial charge < -0.3 is 15.2 Å². The first kappa shape index (κ1) is 14.3. The first-order chi connectivity index (χ1) is 9.54. The van der Waals surface area contributed by atoms with Crippen LogP contribution in [-0.2, 0) is 13.1 Å². The molecule has 0 unspecified atom stereocenters. The summed E-state index contributed by atoms with van der Waals surface area (Å²) in [7, 11) is 1.96. The lowest BCUT2D eigenvalue weighted by atomic mass is 10.2. The lowest BCUT2D eigenvalue weighted by Gasteiger charge is -2.17. The van der Waals surface area contributed by atoms with Gasteiger partial charge in [-0.15, -0.1) is 0 Å². The topological polar surface area (TPSA) is 51.3 Å². The minimum Gasteiger partial charge on any atom is -0.398 e. The number of rotatable bonds is 5. The molecule has 5 heteroatoms. The number of pyridine rings is 1. The highest BCUT2D eigenvalue weighted by atomic mass is 19.1. The zero-order valence-electron chi connectivity index (χ0n) is 11.4. The average molecular weight is 275 g/mol. The first-order valence-electron chi connectivity index (χ1n) is 6.43. The minimum atomic E-state index is -0.234. The average Bonchev–Trinajstić information content (AvgIpc) is 2.42. The van der Waals surface area contributed by atoms with Crippen molar-refractivity contribution in [3.8, 4) is 0 Å². The van der Waals surface area contributed by atoms with Crippen molar-refractivity contribution in [3.05, 3.63) is 64.3 Å². The molecule has 20 heavy (non-hydrogen) atoms. The second-order valence-corrected chi connectivity index (χ2v) is 4.86. The number of hydrogen-bond donors (Lipinski definition) is 1. The third-order valence-electron chi connectivity index (χ3n) is 3.09. The van der Waals surface area contributed by atoms with Crippen LogP contribution in [0.4, 0.5) is 10.1 Å². The number of nitrogens with zero attached hydrogens (tertiary/aromatic N) is 2. The number of aromatic nitrogens is 1. The van der Waals surface area contributed by atoms with E-state index >= 15 is 0 Å². The number of anilines is 1. The summed E-state index contributed by atoms with van der Waals surface area (Å²) >= 11 is 0. The van der Waals surface area contributed by atoms with Crippen molar-refractivity contribution in [1.29, 1.82) is 0 Å². The molecule has 0 fully saturated rings.